The maximum absolute atomic E-state index is 5.41. The number of hydrogen-bond donors (Lipinski definition) is 1. The molecule has 0 N–H and O–H groups in total. The van der Waals surface area contributed by atoms with E-state index in [0.717, 1.165) is 25.2 Å². The van der Waals surface area contributed by atoms with Crippen LogP contribution in [0.1, 0.15) is 32.6 Å². The van der Waals surface area contributed by atoms with Gasteiger partial charge < -0.3 is 9.64 Å². The highest BCUT2D eigenvalue weighted by molar-refractivity contribution is 7.80. The first-order valence-corrected chi connectivity index (χ1v) is 6.79. The number of piperidine rings is 1. The molecule has 0 aromatic carbocycles. The van der Waals surface area contributed by atoms with Crippen molar-refractivity contribution in [2.45, 2.75) is 43.9 Å². The molecule has 2 nitrogen and oxygen atoms in total. The molecule has 88 valence electrons. The van der Waals surface area contributed by atoms with Crippen LogP contribution in [0, 0.1) is 5.92 Å². The third-order valence-corrected chi connectivity index (χ3v) is 4.39. The fraction of sp³-hybridized carbons (Fsp3) is 1.00. The summed E-state index contributed by atoms with van der Waals surface area (Å²) >= 11 is 4.56. The van der Waals surface area contributed by atoms with Crippen molar-refractivity contribution in [3.05, 3.63) is 0 Å². The lowest BCUT2D eigenvalue weighted by Crippen LogP contribution is -2.45. The molecular weight excluding hydrogens is 206 g/mol. The van der Waals surface area contributed by atoms with Gasteiger partial charge in [0.2, 0.25) is 0 Å². The highest BCUT2D eigenvalue weighted by atomic mass is 32.1. The van der Waals surface area contributed by atoms with Gasteiger partial charge in [-0.05, 0) is 44.7 Å². The number of hydrogen-bond acceptors (Lipinski definition) is 3. The maximum Gasteiger partial charge on any atom is 0.0480 e. The van der Waals surface area contributed by atoms with Crippen molar-refractivity contribution in [2.75, 3.05) is 26.3 Å². The van der Waals surface area contributed by atoms with Crippen LogP contribution in [0.2, 0.25) is 0 Å². The van der Waals surface area contributed by atoms with Crippen molar-refractivity contribution >= 4 is 12.6 Å². The maximum atomic E-state index is 5.41. The lowest BCUT2D eigenvalue weighted by atomic mass is 9.92. The molecule has 0 aromatic heterocycles. The van der Waals surface area contributed by atoms with E-state index in [1.165, 1.54) is 38.8 Å². The Morgan fingerprint density at radius 3 is 2.27 bits per heavy atom. The Kier molecular flexibility index (Phi) is 4.35. The van der Waals surface area contributed by atoms with Crippen LogP contribution >= 0.6 is 12.6 Å². The van der Waals surface area contributed by atoms with Crippen molar-refractivity contribution in [3.63, 3.8) is 0 Å². The Morgan fingerprint density at radius 1 is 1.13 bits per heavy atom. The number of rotatable bonds is 2. The van der Waals surface area contributed by atoms with Gasteiger partial charge in [0, 0.05) is 24.5 Å². The number of nitrogens with zero attached hydrogens (tertiary/aromatic N) is 1. The van der Waals surface area contributed by atoms with Gasteiger partial charge >= 0.3 is 0 Å². The van der Waals surface area contributed by atoms with E-state index in [9.17, 15) is 0 Å². The third kappa shape index (κ3) is 3.11. The quantitative estimate of drug-likeness (QED) is 0.729. The van der Waals surface area contributed by atoms with Gasteiger partial charge in [-0.15, -0.1) is 0 Å². The molecule has 1 atom stereocenters. The van der Waals surface area contributed by atoms with Crippen LogP contribution in [0.25, 0.3) is 0 Å². The average molecular weight is 229 g/mol. The molecule has 0 bridgehead atoms. The second kappa shape index (κ2) is 5.55. The van der Waals surface area contributed by atoms with Crippen LogP contribution in [0.3, 0.4) is 0 Å². The van der Waals surface area contributed by atoms with E-state index >= 15 is 0 Å². The molecule has 2 aliphatic rings. The molecule has 2 aliphatic heterocycles. The van der Waals surface area contributed by atoms with Crippen LogP contribution in [0.5, 0.6) is 0 Å². The predicted molar refractivity (Wildman–Crippen MR) is 66.6 cm³/mol. The first-order valence-electron chi connectivity index (χ1n) is 6.27. The van der Waals surface area contributed by atoms with Crippen molar-refractivity contribution in [1.82, 2.24) is 4.90 Å². The highest BCUT2D eigenvalue weighted by Gasteiger charge is 2.27. The zero-order valence-electron chi connectivity index (χ0n) is 9.69. The smallest absolute Gasteiger partial charge is 0.0480 e. The van der Waals surface area contributed by atoms with E-state index in [2.05, 4.69) is 24.5 Å². The zero-order chi connectivity index (χ0) is 10.7. The minimum atomic E-state index is 0.571. The molecule has 2 saturated heterocycles. The largest absolute Gasteiger partial charge is 0.381 e. The average Bonchev–Trinajstić information content (AvgIpc) is 2.30. The summed E-state index contributed by atoms with van der Waals surface area (Å²) in [6.07, 6.45) is 5.15. The molecule has 3 heteroatoms. The predicted octanol–water partition coefficient (Wildman–Crippen LogP) is 2.20. The molecule has 2 fully saturated rings. The second-order valence-electron chi connectivity index (χ2n) is 4.96. The molecule has 0 aliphatic carbocycles. The normalized spacial score (nSPS) is 29.2. The Labute approximate surface area is 98.8 Å². The lowest BCUT2D eigenvalue weighted by Gasteiger charge is -2.40. The minimum Gasteiger partial charge on any atom is -0.381 e. The molecule has 0 unspecified atom stereocenters. The third-order valence-electron chi connectivity index (χ3n) is 3.96. The van der Waals surface area contributed by atoms with Crippen LogP contribution < -0.4 is 0 Å². The van der Waals surface area contributed by atoms with Gasteiger partial charge in [0.05, 0.1) is 0 Å². The number of ether oxygens (including phenoxy) is 1. The van der Waals surface area contributed by atoms with Gasteiger partial charge in [0.25, 0.3) is 0 Å². The van der Waals surface area contributed by atoms with Crippen molar-refractivity contribution < 1.29 is 4.74 Å². The Morgan fingerprint density at radius 2 is 1.73 bits per heavy atom. The van der Waals surface area contributed by atoms with E-state index < -0.39 is 0 Å². The Hall–Kier alpha value is 0.270. The van der Waals surface area contributed by atoms with Gasteiger partial charge in [-0.1, -0.05) is 6.92 Å². The Bertz CT molecular complexity index is 184. The summed E-state index contributed by atoms with van der Waals surface area (Å²) < 4.78 is 5.41. The first kappa shape index (κ1) is 11.7. The fourth-order valence-corrected chi connectivity index (χ4v) is 3.12. The summed E-state index contributed by atoms with van der Waals surface area (Å²) in [5.41, 5.74) is 0. The van der Waals surface area contributed by atoms with Crippen molar-refractivity contribution in [3.8, 4) is 0 Å². The van der Waals surface area contributed by atoms with Gasteiger partial charge in [-0.3, -0.25) is 0 Å². The summed E-state index contributed by atoms with van der Waals surface area (Å²) in [6, 6.07) is 0.801. The topological polar surface area (TPSA) is 12.5 Å². The molecular formula is C12H23NOS. The molecule has 0 saturated carbocycles. The lowest BCUT2D eigenvalue weighted by molar-refractivity contribution is 0.0212. The number of likely N-dealkylation sites (tertiary alicyclic amines) is 1. The van der Waals surface area contributed by atoms with E-state index in [1.54, 1.807) is 0 Å². The van der Waals surface area contributed by atoms with E-state index in [-0.39, 0.29) is 0 Å². The minimum absolute atomic E-state index is 0.571. The molecule has 0 spiro atoms. The summed E-state index contributed by atoms with van der Waals surface area (Å²) in [6.45, 7) is 6.72. The van der Waals surface area contributed by atoms with E-state index in [1.807, 2.05) is 0 Å². The zero-order valence-corrected chi connectivity index (χ0v) is 10.6. The fourth-order valence-electron chi connectivity index (χ4n) is 2.82. The van der Waals surface area contributed by atoms with Crippen LogP contribution in [-0.2, 0) is 4.74 Å². The van der Waals surface area contributed by atoms with Gasteiger partial charge in [0.15, 0.2) is 0 Å². The summed E-state index contributed by atoms with van der Waals surface area (Å²) in [7, 11) is 0. The second-order valence-corrected chi connectivity index (χ2v) is 5.77. The van der Waals surface area contributed by atoms with Crippen LogP contribution in [0.15, 0.2) is 0 Å². The molecule has 2 heterocycles. The molecule has 0 radical (unpaired) electrons. The SMILES string of the molecule is C[C@@H](S)C1CCN(C2CCOCC2)CC1. The van der Waals surface area contributed by atoms with E-state index in [0.29, 0.717) is 5.25 Å². The molecule has 15 heavy (non-hydrogen) atoms. The summed E-state index contributed by atoms with van der Waals surface area (Å²) in [4.78, 5) is 2.68. The van der Waals surface area contributed by atoms with Gasteiger partial charge in [-0.2, -0.15) is 12.6 Å². The Balaban J connectivity index is 1.77. The number of thiol groups is 1. The molecule has 0 amide bonds. The summed E-state index contributed by atoms with van der Waals surface area (Å²) in [5.74, 6) is 0.837. The molecule has 2 rings (SSSR count). The van der Waals surface area contributed by atoms with Gasteiger partial charge in [-0.25, -0.2) is 0 Å². The van der Waals surface area contributed by atoms with Gasteiger partial charge in [0.1, 0.15) is 0 Å². The van der Waals surface area contributed by atoms with Crippen molar-refractivity contribution in [2.24, 2.45) is 5.92 Å². The monoisotopic (exact) mass is 229 g/mol. The first-order chi connectivity index (χ1) is 7.27. The van der Waals surface area contributed by atoms with Crippen LogP contribution in [-0.4, -0.2) is 42.5 Å². The standard InChI is InChI=1S/C12H23NOS/c1-10(15)11-2-6-13(7-3-11)12-4-8-14-9-5-12/h10-12,15H,2-9H2,1H3/t10-/m1/s1. The highest BCUT2D eigenvalue weighted by Crippen LogP contribution is 2.26. The van der Waals surface area contributed by atoms with E-state index in [4.69, 9.17) is 4.74 Å². The summed E-state index contributed by atoms with van der Waals surface area (Å²) in [5, 5.41) is 0.571. The molecule has 0 aromatic rings. The van der Waals surface area contributed by atoms with Crippen molar-refractivity contribution in [1.29, 1.82) is 0 Å². The van der Waals surface area contributed by atoms with Crippen LogP contribution in [0.4, 0.5) is 0 Å².